The average molecular weight is 252 g/mol. The van der Waals surface area contributed by atoms with E-state index in [1.54, 1.807) is 0 Å². The first kappa shape index (κ1) is 14.7. The van der Waals surface area contributed by atoms with Crippen LogP contribution in [0.4, 0.5) is 0 Å². The summed E-state index contributed by atoms with van der Waals surface area (Å²) < 4.78 is 0. The van der Waals surface area contributed by atoms with Crippen LogP contribution in [-0.2, 0) is 11.2 Å². The molecule has 0 saturated heterocycles. The molecule has 0 unspecified atom stereocenters. The molecule has 5 heteroatoms. The van der Waals surface area contributed by atoms with Crippen molar-refractivity contribution >= 4 is 5.91 Å². The number of carbonyl (C=O) groups is 1. The molecule has 18 heavy (non-hydrogen) atoms. The molecule has 0 radical (unpaired) electrons. The predicted molar refractivity (Wildman–Crippen MR) is 72.1 cm³/mol. The van der Waals surface area contributed by atoms with Crippen LogP contribution in [0.25, 0.3) is 0 Å². The van der Waals surface area contributed by atoms with Gasteiger partial charge in [0, 0.05) is 12.2 Å². The Labute approximate surface area is 109 Å². The van der Waals surface area contributed by atoms with Crippen molar-refractivity contribution in [3.63, 3.8) is 0 Å². The van der Waals surface area contributed by atoms with Crippen LogP contribution in [0.3, 0.4) is 0 Å². The highest BCUT2D eigenvalue weighted by molar-refractivity contribution is 5.81. The normalized spacial score (nSPS) is 14.2. The number of nitrogens with one attached hydrogen (secondary N) is 2. The lowest BCUT2D eigenvalue weighted by molar-refractivity contribution is -0.123. The fraction of sp³-hybridized carbons (Fsp3) is 0.692. The van der Waals surface area contributed by atoms with Gasteiger partial charge in [-0.1, -0.05) is 20.3 Å². The third kappa shape index (κ3) is 4.14. The first-order valence-corrected chi connectivity index (χ1v) is 6.58. The van der Waals surface area contributed by atoms with E-state index in [1.165, 1.54) is 5.56 Å². The summed E-state index contributed by atoms with van der Waals surface area (Å²) in [6, 6.07) is -0.398. The Hall–Kier alpha value is -1.36. The van der Waals surface area contributed by atoms with Gasteiger partial charge in [0.1, 0.15) is 0 Å². The number of nitrogens with zero attached hydrogens (tertiary/aromatic N) is 1. The summed E-state index contributed by atoms with van der Waals surface area (Å²) >= 11 is 0. The van der Waals surface area contributed by atoms with Crippen LogP contribution in [0.2, 0.25) is 0 Å². The first-order valence-electron chi connectivity index (χ1n) is 6.58. The summed E-state index contributed by atoms with van der Waals surface area (Å²) in [5, 5.41) is 9.75. The van der Waals surface area contributed by atoms with Crippen LogP contribution in [0.5, 0.6) is 0 Å². The zero-order valence-corrected chi connectivity index (χ0v) is 11.5. The predicted octanol–water partition coefficient (Wildman–Crippen LogP) is 1.14. The largest absolute Gasteiger partial charge is 0.355 e. The Balaban J connectivity index is 2.22. The average Bonchev–Trinajstić information content (AvgIpc) is 2.78. The first-order chi connectivity index (χ1) is 8.56. The van der Waals surface area contributed by atoms with Crippen molar-refractivity contribution < 1.29 is 4.79 Å². The van der Waals surface area contributed by atoms with Crippen molar-refractivity contribution in [2.75, 3.05) is 6.54 Å². The number of amides is 1. The Morgan fingerprint density at radius 3 is 2.89 bits per heavy atom. The maximum absolute atomic E-state index is 11.7. The highest BCUT2D eigenvalue weighted by Crippen LogP contribution is 2.06. The molecule has 102 valence electrons. The summed E-state index contributed by atoms with van der Waals surface area (Å²) in [5.74, 6) is 0.175. The topological polar surface area (TPSA) is 83.8 Å². The maximum atomic E-state index is 11.7. The fourth-order valence-electron chi connectivity index (χ4n) is 1.75. The van der Waals surface area contributed by atoms with Crippen molar-refractivity contribution in [2.45, 2.75) is 46.1 Å². The van der Waals surface area contributed by atoms with Crippen LogP contribution in [-0.4, -0.2) is 28.7 Å². The molecule has 2 atom stereocenters. The van der Waals surface area contributed by atoms with Gasteiger partial charge in [-0.15, -0.1) is 0 Å². The van der Waals surface area contributed by atoms with Gasteiger partial charge >= 0.3 is 0 Å². The third-order valence-corrected chi connectivity index (χ3v) is 3.42. The number of hydrogen-bond donors (Lipinski definition) is 3. The second-order valence-corrected chi connectivity index (χ2v) is 4.83. The highest BCUT2D eigenvalue weighted by atomic mass is 16.2. The van der Waals surface area contributed by atoms with Gasteiger partial charge in [-0.2, -0.15) is 5.10 Å². The number of hydrogen-bond acceptors (Lipinski definition) is 3. The van der Waals surface area contributed by atoms with E-state index in [1.807, 2.05) is 27.0 Å². The molecule has 0 bridgehead atoms. The minimum atomic E-state index is -0.398. The third-order valence-electron chi connectivity index (χ3n) is 3.42. The van der Waals surface area contributed by atoms with Crippen LogP contribution in [0, 0.1) is 12.8 Å². The fourth-order valence-corrected chi connectivity index (χ4v) is 1.75. The van der Waals surface area contributed by atoms with E-state index in [2.05, 4.69) is 15.5 Å². The molecule has 1 heterocycles. The molecule has 0 fully saturated rings. The Bertz CT molecular complexity index is 375. The van der Waals surface area contributed by atoms with Gasteiger partial charge in [-0.05, 0) is 31.2 Å². The smallest absolute Gasteiger partial charge is 0.237 e. The summed E-state index contributed by atoms with van der Waals surface area (Å²) in [4.78, 5) is 11.7. The maximum Gasteiger partial charge on any atom is 0.237 e. The number of carbonyl (C=O) groups excluding carboxylic acids is 1. The molecule has 0 aliphatic heterocycles. The quantitative estimate of drug-likeness (QED) is 0.636. The van der Waals surface area contributed by atoms with Gasteiger partial charge in [0.2, 0.25) is 5.91 Å². The molecule has 0 aliphatic carbocycles. The molecule has 0 aliphatic rings. The van der Waals surface area contributed by atoms with Gasteiger partial charge in [-0.3, -0.25) is 9.89 Å². The van der Waals surface area contributed by atoms with E-state index in [0.29, 0.717) is 6.54 Å². The second-order valence-electron chi connectivity index (χ2n) is 4.83. The summed E-state index contributed by atoms with van der Waals surface area (Å²) in [5.41, 5.74) is 8.14. The van der Waals surface area contributed by atoms with Crippen LogP contribution in [0.1, 0.15) is 37.9 Å². The van der Waals surface area contributed by atoms with E-state index in [0.717, 1.165) is 25.0 Å². The number of aromatic nitrogens is 2. The molecule has 1 rings (SSSR count). The van der Waals surface area contributed by atoms with Gasteiger partial charge in [0.05, 0.1) is 12.2 Å². The molecule has 1 amide bonds. The number of rotatable bonds is 7. The highest BCUT2D eigenvalue weighted by Gasteiger charge is 2.18. The molecule has 1 aromatic heterocycles. The summed E-state index contributed by atoms with van der Waals surface area (Å²) in [6.07, 6.45) is 4.57. The van der Waals surface area contributed by atoms with E-state index < -0.39 is 6.04 Å². The lowest BCUT2D eigenvalue weighted by atomic mass is 9.99. The zero-order valence-electron chi connectivity index (χ0n) is 11.5. The molecular weight excluding hydrogens is 228 g/mol. The van der Waals surface area contributed by atoms with Crippen molar-refractivity contribution in [1.29, 1.82) is 0 Å². The molecule has 1 aromatic rings. The second kappa shape index (κ2) is 7.16. The summed E-state index contributed by atoms with van der Waals surface area (Å²) in [6.45, 7) is 6.70. The lowest BCUT2D eigenvalue weighted by Gasteiger charge is -2.17. The van der Waals surface area contributed by atoms with E-state index in [-0.39, 0.29) is 11.8 Å². The molecular formula is C13H24N4O. The molecule has 0 aromatic carbocycles. The van der Waals surface area contributed by atoms with Crippen LogP contribution >= 0.6 is 0 Å². The van der Waals surface area contributed by atoms with Crippen LogP contribution < -0.4 is 11.1 Å². The SMILES string of the molecule is CC[C@H](C)[C@H](N)C(=O)NCCCc1cn[nH]c1C. The molecule has 0 saturated carbocycles. The van der Waals surface area contributed by atoms with E-state index in [4.69, 9.17) is 5.73 Å². The van der Waals surface area contributed by atoms with Gasteiger partial charge < -0.3 is 11.1 Å². The van der Waals surface area contributed by atoms with Crippen molar-refractivity contribution in [3.05, 3.63) is 17.5 Å². The van der Waals surface area contributed by atoms with Gasteiger partial charge in [0.25, 0.3) is 0 Å². The van der Waals surface area contributed by atoms with E-state index in [9.17, 15) is 4.79 Å². The standard InChI is InChI=1S/C13H24N4O/c1-4-9(2)12(14)13(18)15-7-5-6-11-8-16-17-10(11)3/h8-9,12H,4-7,14H2,1-3H3,(H,15,18)(H,16,17)/t9-,12-/m0/s1. The molecule has 4 N–H and O–H groups in total. The number of H-pyrrole nitrogens is 1. The zero-order chi connectivity index (χ0) is 13.5. The van der Waals surface area contributed by atoms with Crippen LogP contribution in [0.15, 0.2) is 6.20 Å². The Morgan fingerprint density at radius 1 is 1.61 bits per heavy atom. The molecule has 0 spiro atoms. The minimum Gasteiger partial charge on any atom is -0.355 e. The van der Waals surface area contributed by atoms with Gasteiger partial charge in [0.15, 0.2) is 0 Å². The number of aryl methyl sites for hydroxylation is 2. The van der Waals surface area contributed by atoms with Gasteiger partial charge in [-0.25, -0.2) is 0 Å². The summed E-state index contributed by atoms with van der Waals surface area (Å²) in [7, 11) is 0. The number of nitrogens with two attached hydrogens (primary N) is 1. The monoisotopic (exact) mass is 252 g/mol. The Morgan fingerprint density at radius 2 is 2.33 bits per heavy atom. The molecule has 5 nitrogen and oxygen atoms in total. The van der Waals surface area contributed by atoms with Crippen molar-refractivity contribution in [1.82, 2.24) is 15.5 Å². The van der Waals surface area contributed by atoms with Crippen molar-refractivity contribution in [3.8, 4) is 0 Å². The minimum absolute atomic E-state index is 0.0479. The lowest BCUT2D eigenvalue weighted by Crippen LogP contribution is -2.44. The number of aromatic amines is 1. The van der Waals surface area contributed by atoms with Crippen molar-refractivity contribution in [2.24, 2.45) is 11.7 Å². The Kier molecular flexibility index (Phi) is 5.85. The van der Waals surface area contributed by atoms with E-state index >= 15 is 0 Å².